The van der Waals surface area contributed by atoms with E-state index in [4.69, 9.17) is 14.2 Å². The van der Waals surface area contributed by atoms with E-state index in [9.17, 15) is 18.5 Å². The fourth-order valence-electron chi connectivity index (χ4n) is 3.24. The minimum atomic E-state index is -4.00. The molecule has 0 atom stereocenters. The third-order valence-corrected chi connectivity index (χ3v) is 7.04. The maximum absolute atomic E-state index is 13.2. The molecule has 12 heteroatoms. The Morgan fingerprint density at radius 1 is 1.21 bits per heavy atom. The van der Waals surface area contributed by atoms with Crippen LogP contribution in [0.25, 0.3) is 0 Å². The van der Waals surface area contributed by atoms with Gasteiger partial charge in [-0.3, -0.25) is 15.5 Å². The molecule has 0 bridgehead atoms. The number of nitrogens with one attached hydrogen (secondary N) is 1. The number of benzene rings is 2. The summed E-state index contributed by atoms with van der Waals surface area (Å²) in [6.07, 6.45) is 3.44. The molecule has 0 amide bonds. The quantitative estimate of drug-likeness (QED) is 0.219. The molecule has 3 rings (SSSR count). The van der Waals surface area contributed by atoms with E-state index < -0.39 is 14.9 Å². The van der Waals surface area contributed by atoms with E-state index in [1.165, 1.54) is 22.7 Å². The van der Waals surface area contributed by atoms with Gasteiger partial charge in [-0.15, -0.1) is 0 Å². The highest BCUT2D eigenvalue weighted by Gasteiger charge is 2.30. The Labute approximate surface area is 198 Å². The van der Waals surface area contributed by atoms with Crippen LogP contribution in [-0.4, -0.2) is 63.9 Å². The summed E-state index contributed by atoms with van der Waals surface area (Å²) in [6, 6.07) is 8.89. The number of hydrogen-bond acceptors (Lipinski definition) is 9. The number of non-ortho nitro benzene ring substituents is 1. The largest absolute Gasteiger partial charge is 0.493 e. The van der Waals surface area contributed by atoms with E-state index in [2.05, 4.69) is 17.5 Å². The highest BCUT2D eigenvalue weighted by molar-refractivity contribution is 7.89. The third-order valence-electron chi connectivity index (χ3n) is 5.11. The Morgan fingerprint density at radius 3 is 2.65 bits per heavy atom. The number of hydrazone groups is 1. The molecule has 1 N–H and O–H groups in total. The zero-order valence-corrected chi connectivity index (χ0v) is 19.9. The van der Waals surface area contributed by atoms with Gasteiger partial charge in [-0.25, -0.2) is 8.42 Å². The second-order valence-electron chi connectivity index (χ2n) is 7.44. The molecular formula is C22H28N4O7S. The van der Waals surface area contributed by atoms with Gasteiger partial charge in [0.25, 0.3) is 5.69 Å². The van der Waals surface area contributed by atoms with Gasteiger partial charge in [0.2, 0.25) is 10.0 Å². The predicted octanol–water partition coefficient (Wildman–Crippen LogP) is 3.25. The van der Waals surface area contributed by atoms with E-state index in [0.29, 0.717) is 23.7 Å². The fraction of sp³-hybridized carbons (Fsp3) is 0.409. The first kappa shape index (κ1) is 25.4. The number of nitro benzene ring substituents is 1. The molecule has 34 heavy (non-hydrogen) atoms. The van der Waals surface area contributed by atoms with Crippen molar-refractivity contribution >= 4 is 27.6 Å². The van der Waals surface area contributed by atoms with E-state index in [-0.39, 0.29) is 42.6 Å². The van der Waals surface area contributed by atoms with E-state index in [1.54, 1.807) is 25.3 Å². The molecule has 0 spiro atoms. The summed E-state index contributed by atoms with van der Waals surface area (Å²) >= 11 is 0. The molecule has 0 radical (unpaired) electrons. The molecule has 11 nitrogen and oxygen atoms in total. The molecule has 1 aliphatic heterocycles. The van der Waals surface area contributed by atoms with Crippen LogP contribution in [0.4, 0.5) is 11.4 Å². The molecule has 184 valence electrons. The lowest BCUT2D eigenvalue weighted by Gasteiger charge is -2.26. The molecule has 0 aliphatic carbocycles. The summed E-state index contributed by atoms with van der Waals surface area (Å²) in [4.78, 5) is 10.4. The van der Waals surface area contributed by atoms with E-state index >= 15 is 0 Å². The number of unbranched alkanes of at least 4 members (excludes halogenated alkanes) is 1. The molecule has 0 unspecified atom stereocenters. The molecule has 1 aliphatic rings. The summed E-state index contributed by atoms with van der Waals surface area (Å²) in [6.45, 7) is 3.52. The molecular weight excluding hydrogens is 464 g/mol. The SMILES string of the molecule is CCCCOc1ccc(/C=N/Nc2ccc([N+](=O)[O-])cc2S(=O)(=O)N2CCOCC2)cc1OC. The third kappa shape index (κ3) is 6.22. The van der Waals surface area contributed by atoms with Crippen molar-refractivity contribution in [2.75, 3.05) is 45.4 Å². The van der Waals surface area contributed by atoms with Crippen LogP contribution in [0.3, 0.4) is 0 Å². The smallest absolute Gasteiger partial charge is 0.270 e. The maximum atomic E-state index is 13.2. The monoisotopic (exact) mass is 492 g/mol. The molecule has 1 heterocycles. The average Bonchev–Trinajstić information content (AvgIpc) is 2.85. The van der Waals surface area contributed by atoms with Crippen molar-refractivity contribution in [3.63, 3.8) is 0 Å². The minimum absolute atomic E-state index is 0.125. The van der Waals surface area contributed by atoms with Crippen molar-refractivity contribution in [3.05, 3.63) is 52.1 Å². The van der Waals surface area contributed by atoms with Crippen LogP contribution < -0.4 is 14.9 Å². The van der Waals surface area contributed by atoms with Gasteiger partial charge in [0, 0.05) is 25.2 Å². The van der Waals surface area contributed by atoms with Crippen molar-refractivity contribution in [3.8, 4) is 11.5 Å². The number of rotatable bonds is 11. The topological polar surface area (TPSA) is 133 Å². The van der Waals surface area contributed by atoms with Crippen LogP contribution in [0.15, 0.2) is 46.4 Å². The number of hydrogen-bond donors (Lipinski definition) is 1. The Kier molecular flexibility index (Phi) is 8.79. The second kappa shape index (κ2) is 11.8. The first-order chi connectivity index (χ1) is 16.4. The van der Waals surface area contributed by atoms with Crippen LogP contribution in [0.5, 0.6) is 11.5 Å². The number of methoxy groups -OCH3 is 1. The molecule has 0 saturated carbocycles. The summed E-state index contributed by atoms with van der Waals surface area (Å²) in [7, 11) is -2.45. The predicted molar refractivity (Wildman–Crippen MR) is 127 cm³/mol. The first-order valence-electron chi connectivity index (χ1n) is 10.8. The summed E-state index contributed by atoms with van der Waals surface area (Å²) < 4.78 is 43.9. The van der Waals surface area contributed by atoms with Crippen LogP contribution in [0.1, 0.15) is 25.3 Å². The van der Waals surface area contributed by atoms with Crippen molar-refractivity contribution < 1.29 is 27.6 Å². The summed E-state index contributed by atoms with van der Waals surface area (Å²) in [5.74, 6) is 1.17. The number of ether oxygens (including phenoxy) is 3. The molecule has 1 saturated heterocycles. The lowest BCUT2D eigenvalue weighted by molar-refractivity contribution is -0.385. The van der Waals surface area contributed by atoms with Crippen LogP contribution in [0, 0.1) is 10.1 Å². The molecule has 0 aromatic heterocycles. The Bertz CT molecular complexity index is 1130. The highest BCUT2D eigenvalue weighted by Crippen LogP contribution is 2.30. The molecule has 2 aromatic rings. The van der Waals surface area contributed by atoms with Crippen LogP contribution >= 0.6 is 0 Å². The van der Waals surface area contributed by atoms with Gasteiger partial charge in [-0.2, -0.15) is 9.41 Å². The van der Waals surface area contributed by atoms with Gasteiger partial charge in [-0.1, -0.05) is 13.3 Å². The Balaban J connectivity index is 1.83. The lowest BCUT2D eigenvalue weighted by Crippen LogP contribution is -2.40. The van der Waals surface area contributed by atoms with Gasteiger partial charge in [0.05, 0.1) is 43.8 Å². The van der Waals surface area contributed by atoms with Gasteiger partial charge in [-0.05, 0) is 36.2 Å². The van der Waals surface area contributed by atoms with Gasteiger partial charge < -0.3 is 14.2 Å². The minimum Gasteiger partial charge on any atom is -0.493 e. The highest BCUT2D eigenvalue weighted by atomic mass is 32.2. The van der Waals surface area contributed by atoms with Crippen molar-refractivity contribution in [2.24, 2.45) is 5.10 Å². The standard InChI is InChI=1S/C22H28N4O7S/c1-3-4-11-33-20-8-5-17(14-21(20)31-2)16-23-24-19-7-6-18(26(27)28)15-22(19)34(29,30)25-9-12-32-13-10-25/h5-8,14-16,24H,3-4,9-13H2,1-2H3/b23-16+. The first-order valence-corrected chi connectivity index (χ1v) is 12.3. The number of nitro groups is 1. The molecule has 1 fully saturated rings. The Hall–Kier alpha value is -3.22. The second-order valence-corrected chi connectivity index (χ2v) is 9.34. The zero-order chi connectivity index (χ0) is 24.6. The van der Waals surface area contributed by atoms with Gasteiger partial charge in [0.15, 0.2) is 11.5 Å². The number of sulfonamides is 1. The Morgan fingerprint density at radius 2 is 1.97 bits per heavy atom. The number of morpholine rings is 1. The van der Waals surface area contributed by atoms with Crippen LogP contribution in [-0.2, 0) is 14.8 Å². The average molecular weight is 493 g/mol. The van der Waals surface area contributed by atoms with E-state index in [0.717, 1.165) is 18.9 Å². The lowest BCUT2D eigenvalue weighted by atomic mass is 10.2. The normalized spacial score (nSPS) is 14.8. The van der Waals surface area contributed by atoms with Crippen LogP contribution in [0.2, 0.25) is 0 Å². The maximum Gasteiger partial charge on any atom is 0.270 e. The molecule has 2 aromatic carbocycles. The number of nitrogens with zero attached hydrogens (tertiary/aromatic N) is 3. The number of anilines is 1. The van der Waals surface area contributed by atoms with Gasteiger partial charge >= 0.3 is 0 Å². The summed E-state index contributed by atoms with van der Waals surface area (Å²) in [5, 5.41) is 15.4. The zero-order valence-electron chi connectivity index (χ0n) is 19.1. The van der Waals surface area contributed by atoms with E-state index in [1.807, 2.05) is 0 Å². The van der Waals surface area contributed by atoms with Gasteiger partial charge in [0.1, 0.15) is 4.90 Å². The fourth-order valence-corrected chi connectivity index (χ4v) is 4.81. The summed E-state index contributed by atoms with van der Waals surface area (Å²) in [5.41, 5.74) is 3.19. The van der Waals surface area contributed by atoms with Crippen molar-refractivity contribution in [1.29, 1.82) is 0 Å². The van der Waals surface area contributed by atoms with Crippen molar-refractivity contribution in [1.82, 2.24) is 4.31 Å². The van der Waals surface area contributed by atoms with Crippen molar-refractivity contribution in [2.45, 2.75) is 24.7 Å².